The molecule has 0 unspecified atom stereocenters. The van der Waals surface area contributed by atoms with Crippen molar-refractivity contribution >= 4 is 6.08 Å². The van der Waals surface area contributed by atoms with Crippen molar-refractivity contribution in [2.45, 2.75) is 37.5 Å². The van der Waals surface area contributed by atoms with Gasteiger partial charge in [0.2, 0.25) is 5.88 Å². The zero-order valence-electron chi connectivity index (χ0n) is 18.6. The highest BCUT2D eigenvalue weighted by molar-refractivity contribution is 5.73. The maximum Gasteiger partial charge on any atom is 0.213 e. The summed E-state index contributed by atoms with van der Waals surface area (Å²) in [7, 11) is 1.55. The van der Waals surface area contributed by atoms with E-state index in [2.05, 4.69) is 32.4 Å². The van der Waals surface area contributed by atoms with Crippen LogP contribution in [0.2, 0.25) is 0 Å². The van der Waals surface area contributed by atoms with Gasteiger partial charge in [-0.3, -0.25) is 5.32 Å². The first-order valence-corrected chi connectivity index (χ1v) is 10.7. The Morgan fingerprint density at radius 2 is 1.94 bits per heavy atom. The van der Waals surface area contributed by atoms with Crippen molar-refractivity contribution in [2.75, 3.05) is 7.11 Å². The molecule has 2 N–H and O–H groups in total. The van der Waals surface area contributed by atoms with Gasteiger partial charge in [0, 0.05) is 17.8 Å². The van der Waals surface area contributed by atoms with E-state index in [0.717, 1.165) is 11.1 Å². The molecule has 3 aromatic rings. The number of aromatic nitrogens is 4. The molecule has 0 amide bonds. The maximum absolute atomic E-state index is 15.1. The van der Waals surface area contributed by atoms with Crippen LogP contribution in [0.3, 0.4) is 0 Å². The molecule has 4 heterocycles. The van der Waals surface area contributed by atoms with Gasteiger partial charge in [-0.15, -0.1) is 10.2 Å². The fourth-order valence-corrected chi connectivity index (χ4v) is 4.59. The Bertz CT molecular complexity index is 1280. The molecule has 2 aliphatic rings. The SMILES string of the molecule is COc1cc(-c2ccc(-c3ncc(/C=C4\C[C@@]5(C)C=C[C@](C)(N5)[C@@H]4F)nn3)c(O)c2)ccn1. The van der Waals surface area contributed by atoms with Crippen molar-refractivity contribution in [1.82, 2.24) is 25.5 Å². The van der Waals surface area contributed by atoms with Gasteiger partial charge >= 0.3 is 0 Å². The second-order valence-corrected chi connectivity index (χ2v) is 8.94. The number of rotatable bonds is 4. The van der Waals surface area contributed by atoms with Gasteiger partial charge in [0.05, 0.1) is 24.4 Å². The van der Waals surface area contributed by atoms with Crippen LogP contribution in [0, 0.1) is 0 Å². The lowest BCUT2D eigenvalue weighted by Crippen LogP contribution is -2.58. The number of alkyl halides is 1. The number of ether oxygens (including phenoxy) is 1. The van der Waals surface area contributed by atoms with E-state index in [1.54, 1.807) is 43.8 Å². The van der Waals surface area contributed by atoms with Crippen LogP contribution in [0.15, 0.2) is 60.5 Å². The molecule has 1 saturated heterocycles. The fraction of sp³-hybridized carbons (Fsp3) is 0.280. The smallest absolute Gasteiger partial charge is 0.213 e. The number of methoxy groups -OCH3 is 1. The average molecular weight is 445 g/mol. The molecule has 0 spiro atoms. The first kappa shape index (κ1) is 21.2. The highest BCUT2D eigenvalue weighted by Crippen LogP contribution is 2.42. The number of hydrogen-bond acceptors (Lipinski definition) is 7. The van der Waals surface area contributed by atoms with Crippen molar-refractivity contribution in [2.24, 2.45) is 0 Å². The summed E-state index contributed by atoms with van der Waals surface area (Å²) in [5.41, 5.74) is 2.27. The summed E-state index contributed by atoms with van der Waals surface area (Å²) in [5, 5.41) is 22.3. The van der Waals surface area contributed by atoms with E-state index < -0.39 is 11.7 Å². The highest BCUT2D eigenvalue weighted by Gasteiger charge is 2.49. The van der Waals surface area contributed by atoms with Crippen molar-refractivity contribution < 1.29 is 14.2 Å². The summed E-state index contributed by atoms with van der Waals surface area (Å²) in [6, 6.07) is 8.85. The second kappa shape index (κ2) is 7.74. The molecule has 8 heteroatoms. The molecule has 0 saturated carbocycles. The number of aromatic hydroxyl groups is 1. The van der Waals surface area contributed by atoms with Gasteiger partial charge in [-0.25, -0.2) is 14.4 Å². The molecule has 2 aromatic heterocycles. The normalized spacial score (nSPS) is 27.2. The molecule has 0 radical (unpaired) electrons. The standard InChI is InChI=1S/C25H24FN5O2/c1-24-7-8-25(2,31-24)22(26)17(13-24)10-18-14-28-23(30-29-18)19-5-4-15(11-20(19)32)16-6-9-27-21(12-16)33-3/h4-12,14,22,31-32H,13H2,1-3H3/b17-10+/t22-,24-,25+/m1/s1. The lowest BCUT2D eigenvalue weighted by atomic mass is 9.81. The van der Waals surface area contributed by atoms with Gasteiger partial charge in [-0.05, 0) is 61.2 Å². The number of nitrogens with zero attached hydrogens (tertiary/aromatic N) is 4. The van der Waals surface area contributed by atoms with Crippen molar-refractivity contribution in [3.8, 4) is 34.1 Å². The molecule has 1 fully saturated rings. The number of halogens is 1. The molecule has 1 aromatic carbocycles. The predicted octanol–water partition coefficient (Wildman–Crippen LogP) is 4.12. The van der Waals surface area contributed by atoms with E-state index >= 15 is 4.39 Å². The van der Waals surface area contributed by atoms with E-state index in [9.17, 15) is 5.11 Å². The van der Waals surface area contributed by atoms with Gasteiger partial charge < -0.3 is 9.84 Å². The monoisotopic (exact) mass is 445 g/mol. The van der Waals surface area contributed by atoms with Crippen LogP contribution in [-0.2, 0) is 0 Å². The van der Waals surface area contributed by atoms with Crippen LogP contribution in [0.4, 0.5) is 4.39 Å². The Kier molecular flexibility index (Phi) is 4.97. The Balaban J connectivity index is 1.39. The van der Waals surface area contributed by atoms with Gasteiger partial charge in [-0.1, -0.05) is 18.2 Å². The lowest BCUT2D eigenvalue weighted by molar-refractivity contribution is 0.178. The maximum atomic E-state index is 15.1. The summed E-state index contributed by atoms with van der Waals surface area (Å²) < 4.78 is 20.3. The number of pyridine rings is 1. The minimum atomic E-state index is -1.16. The highest BCUT2D eigenvalue weighted by atomic mass is 19.1. The number of phenolic OH excluding ortho intramolecular Hbond substituents is 1. The molecule has 168 valence electrons. The molecule has 2 aliphatic heterocycles. The minimum Gasteiger partial charge on any atom is -0.507 e. The zero-order valence-corrected chi connectivity index (χ0v) is 18.6. The number of piperidine rings is 1. The summed E-state index contributed by atoms with van der Waals surface area (Å²) in [6.07, 6.45) is 8.23. The summed E-state index contributed by atoms with van der Waals surface area (Å²) in [4.78, 5) is 8.45. The third kappa shape index (κ3) is 3.87. The third-order valence-corrected chi connectivity index (χ3v) is 6.20. The fourth-order valence-electron chi connectivity index (χ4n) is 4.59. The zero-order chi connectivity index (χ0) is 23.2. The molecule has 0 aliphatic carbocycles. The van der Waals surface area contributed by atoms with E-state index in [1.165, 1.54) is 0 Å². The van der Waals surface area contributed by atoms with Crippen LogP contribution >= 0.6 is 0 Å². The molecule has 5 rings (SSSR count). The Hall–Kier alpha value is -3.65. The molecule has 7 nitrogen and oxygen atoms in total. The molecule has 2 bridgehead atoms. The third-order valence-electron chi connectivity index (χ3n) is 6.20. The van der Waals surface area contributed by atoms with Crippen LogP contribution in [0.5, 0.6) is 11.6 Å². The number of fused-ring (bicyclic) bond motifs is 2. The molecule has 33 heavy (non-hydrogen) atoms. The van der Waals surface area contributed by atoms with E-state index in [1.807, 2.05) is 31.2 Å². The van der Waals surface area contributed by atoms with Crippen molar-refractivity contribution in [3.05, 3.63) is 66.1 Å². The van der Waals surface area contributed by atoms with E-state index in [-0.39, 0.29) is 17.1 Å². The van der Waals surface area contributed by atoms with E-state index in [0.29, 0.717) is 29.1 Å². The lowest BCUT2D eigenvalue weighted by Gasteiger charge is -2.41. The average Bonchev–Trinajstić information content (AvgIpc) is 3.09. The Morgan fingerprint density at radius 3 is 2.67 bits per heavy atom. The first-order chi connectivity index (χ1) is 15.8. The Labute approximate surface area is 191 Å². The molecule has 3 atom stereocenters. The number of nitrogens with one attached hydrogen (secondary N) is 1. The van der Waals surface area contributed by atoms with Gasteiger partial charge in [0.15, 0.2) is 5.82 Å². The predicted molar refractivity (Wildman–Crippen MR) is 123 cm³/mol. The summed E-state index contributed by atoms with van der Waals surface area (Å²) in [6.45, 7) is 3.91. The molecular weight excluding hydrogens is 421 g/mol. The van der Waals surface area contributed by atoms with Crippen LogP contribution < -0.4 is 10.1 Å². The summed E-state index contributed by atoms with van der Waals surface area (Å²) in [5.74, 6) is 0.808. The van der Waals surface area contributed by atoms with Gasteiger partial charge in [-0.2, -0.15) is 0 Å². The quantitative estimate of drug-likeness (QED) is 0.584. The number of benzene rings is 1. The first-order valence-electron chi connectivity index (χ1n) is 10.7. The number of phenols is 1. The largest absolute Gasteiger partial charge is 0.507 e. The Morgan fingerprint density at radius 1 is 1.12 bits per heavy atom. The van der Waals surface area contributed by atoms with Gasteiger partial charge in [0.25, 0.3) is 0 Å². The van der Waals surface area contributed by atoms with E-state index in [4.69, 9.17) is 4.74 Å². The molecular formula is C25H24FN5O2. The van der Waals surface area contributed by atoms with Crippen LogP contribution in [-0.4, -0.2) is 49.6 Å². The van der Waals surface area contributed by atoms with Gasteiger partial charge in [0.1, 0.15) is 17.6 Å². The second-order valence-electron chi connectivity index (χ2n) is 8.94. The summed E-state index contributed by atoms with van der Waals surface area (Å²) >= 11 is 0. The number of hydrogen-bond donors (Lipinski definition) is 2. The van der Waals surface area contributed by atoms with Crippen molar-refractivity contribution in [3.63, 3.8) is 0 Å². The van der Waals surface area contributed by atoms with Crippen LogP contribution in [0.25, 0.3) is 28.6 Å². The van der Waals surface area contributed by atoms with Crippen LogP contribution in [0.1, 0.15) is 26.0 Å². The van der Waals surface area contributed by atoms with Crippen molar-refractivity contribution in [1.29, 1.82) is 0 Å². The topological polar surface area (TPSA) is 93.0 Å². The minimum absolute atomic E-state index is 0.0295.